The second kappa shape index (κ2) is 6.76. The Labute approximate surface area is 115 Å². The third kappa shape index (κ3) is 4.53. The molecule has 0 aromatic rings. The van der Waals surface area contributed by atoms with Gasteiger partial charge in [0.25, 0.3) is 11.8 Å². The van der Waals surface area contributed by atoms with E-state index in [1.165, 1.54) is 7.05 Å². The smallest absolute Gasteiger partial charge is 0.340 e. The predicted octanol–water partition coefficient (Wildman–Crippen LogP) is -0.992. The normalized spacial score (nSPS) is 17.9. The number of aliphatic carboxylic acids is 1. The number of imide groups is 1. The standard InChI is InChI=1S/C10H16N3O6P/c1-12(20(18,19)11-5-4-10(16)17)6-7-13-8(14)2-3-9(13)15/h2-3H,4-7H2,1H3,(H,16,17)(H2,11,18,19). The largest absolute Gasteiger partial charge is 0.481 e. The van der Waals surface area contributed by atoms with Crippen molar-refractivity contribution < 1.29 is 28.9 Å². The van der Waals surface area contributed by atoms with Crippen molar-refractivity contribution in [1.82, 2.24) is 14.7 Å². The molecule has 1 unspecified atom stereocenters. The predicted molar refractivity (Wildman–Crippen MR) is 68.6 cm³/mol. The lowest BCUT2D eigenvalue weighted by molar-refractivity contribution is -0.138. The second-order valence-electron chi connectivity index (χ2n) is 4.14. The third-order valence-electron chi connectivity index (χ3n) is 2.67. The Morgan fingerprint density at radius 1 is 1.40 bits per heavy atom. The summed E-state index contributed by atoms with van der Waals surface area (Å²) < 4.78 is 12.9. The highest BCUT2D eigenvalue weighted by Crippen LogP contribution is 2.38. The number of carbonyl (C=O) groups excluding carboxylic acids is 2. The van der Waals surface area contributed by atoms with Crippen molar-refractivity contribution in [2.24, 2.45) is 0 Å². The van der Waals surface area contributed by atoms with Gasteiger partial charge in [0.15, 0.2) is 0 Å². The van der Waals surface area contributed by atoms with Gasteiger partial charge in [0.1, 0.15) is 0 Å². The minimum atomic E-state index is -3.89. The summed E-state index contributed by atoms with van der Waals surface area (Å²) >= 11 is 0. The van der Waals surface area contributed by atoms with E-state index in [4.69, 9.17) is 5.11 Å². The summed E-state index contributed by atoms with van der Waals surface area (Å²) in [4.78, 5) is 43.5. The molecule has 9 nitrogen and oxygen atoms in total. The van der Waals surface area contributed by atoms with Crippen LogP contribution in [0.4, 0.5) is 0 Å². The Bertz CT molecular complexity index is 473. The van der Waals surface area contributed by atoms with Gasteiger partial charge in [-0.1, -0.05) is 0 Å². The van der Waals surface area contributed by atoms with Crippen LogP contribution in [0.3, 0.4) is 0 Å². The van der Waals surface area contributed by atoms with E-state index in [1.54, 1.807) is 0 Å². The Morgan fingerprint density at radius 2 is 1.95 bits per heavy atom. The van der Waals surface area contributed by atoms with Gasteiger partial charge in [-0.2, -0.15) is 0 Å². The summed E-state index contributed by atoms with van der Waals surface area (Å²) in [6.07, 6.45) is 1.98. The van der Waals surface area contributed by atoms with Crippen molar-refractivity contribution in [3.8, 4) is 0 Å². The van der Waals surface area contributed by atoms with Crippen LogP contribution < -0.4 is 5.09 Å². The van der Waals surface area contributed by atoms with Gasteiger partial charge in [-0.3, -0.25) is 23.8 Å². The highest BCUT2D eigenvalue weighted by molar-refractivity contribution is 7.53. The zero-order valence-electron chi connectivity index (χ0n) is 10.9. The minimum Gasteiger partial charge on any atom is -0.481 e. The molecule has 1 atom stereocenters. The molecule has 0 aromatic heterocycles. The van der Waals surface area contributed by atoms with Crippen molar-refractivity contribution in [2.45, 2.75) is 6.42 Å². The Balaban J connectivity index is 2.43. The molecule has 0 saturated heterocycles. The molecule has 3 N–H and O–H groups in total. The number of carboxylic acid groups (broad SMARTS) is 1. The van der Waals surface area contributed by atoms with E-state index in [-0.39, 0.29) is 26.1 Å². The van der Waals surface area contributed by atoms with Crippen molar-refractivity contribution in [2.75, 3.05) is 26.7 Å². The minimum absolute atomic E-state index is 0.00694. The highest BCUT2D eigenvalue weighted by Gasteiger charge is 2.28. The molecule has 0 radical (unpaired) electrons. The van der Waals surface area contributed by atoms with E-state index in [0.717, 1.165) is 21.7 Å². The maximum absolute atomic E-state index is 11.8. The molecule has 10 heteroatoms. The fourth-order valence-electron chi connectivity index (χ4n) is 1.46. The van der Waals surface area contributed by atoms with Gasteiger partial charge in [-0.15, -0.1) is 0 Å². The van der Waals surface area contributed by atoms with Crippen molar-refractivity contribution >= 4 is 25.5 Å². The first-order valence-corrected chi connectivity index (χ1v) is 7.40. The fraction of sp³-hybridized carbons (Fsp3) is 0.500. The van der Waals surface area contributed by atoms with Gasteiger partial charge in [0.2, 0.25) is 0 Å². The van der Waals surface area contributed by atoms with E-state index >= 15 is 0 Å². The maximum atomic E-state index is 11.8. The molecule has 0 aliphatic carbocycles. The van der Waals surface area contributed by atoms with Gasteiger partial charge in [0.05, 0.1) is 6.42 Å². The zero-order chi connectivity index (χ0) is 15.3. The average molecular weight is 305 g/mol. The number of nitrogens with zero attached hydrogens (tertiary/aromatic N) is 2. The van der Waals surface area contributed by atoms with Crippen LogP contribution in [0.1, 0.15) is 6.42 Å². The lowest BCUT2D eigenvalue weighted by Gasteiger charge is -2.25. The van der Waals surface area contributed by atoms with Crippen LogP contribution in [0.15, 0.2) is 12.2 Å². The van der Waals surface area contributed by atoms with Crippen LogP contribution in [0.5, 0.6) is 0 Å². The monoisotopic (exact) mass is 305 g/mol. The van der Waals surface area contributed by atoms with Crippen LogP contribution in [0, 0.1) is 0 Å². The van der Waals surface area contributed by atoms with Crippen molar-refractivity contribution in [1.29, 1.82) is 0 Å². The van der Waals surface area contributed by atoms with Crippen molar-refractivity contribution in [3.63, 3.8) is 0 Å². The Kier molecular flexibility index (Phi) is 5.58. The summed E-state index contributed by atoms with van der Waals surface area (Å²) in [6.45, 7) is -0.185. The molecule has 0 aromatic carbocycles. The van der Waals surface area contributed by atoms with Gasteiger partial charge in [-0.25, -0.2) is 9.76 Å². The van der Waals surface area contributed by atoms with Crippen LogP contribution in [0.25, 0.3) is 0 Å². The first kappa shape index (κ1) is 16.5. The zero-order valence-corrected chi connectivity index (χ0v) is 11.7. The van der Waals surface area contributed by atoms with E-state index in [9.17, 15) is 23.8 Å². The molecule has 0 fully saturated rings. The van der Waals surface area contributed by atoms with Crippen LogP contribution in [-0.2, 0) is 18.9 Å². The number of rotatable bonds is 8. The molecular formula is C10H16N3O6P. The SMILES string of the molecule is CN(CCN1C(=O)C=CC1=O)P(=O)(O)NCCC(=O)O. The fourth-order valence-corrected chi connectivity index (χ4v) is 2.47. The molecule has 0 bridgehead atoms. The van der Waals surface area contributed by atoms with E-state index in [1.807, 2.05) is 0 Å². The number of carboxylic acids is 1. The molecule has 0 spiro atoms. The summed E-state index contributed by atoms with van der Waals surface area (Å²) in [6, 6.07) is 0. The Morgan fingerprint density at radius 3 is 2.45 bits per heavy atom. The van der Waals surface area contributed by atoms with Gasteiger partial charge in [-0.05, 0) is 7.05 Å². The number of hydrogen-bond acceptors (Lipinski definition) is 4. The summed E-state index contributed by atoms with van der Waals surface area (Å²) in [5.74, 6) is -2.01. The molecule has 20 heavy (non-hydrogen) atoms. The molecule has 1 aliphatic heterocycles. The topological polar surface area (TPSA) is 127 Å². The van der Waals surface area contributed by atoms with Gasteiger partial charge < -0.3 is 10.00 Å². The van der Waals surface area contributed by atoms with Crippen LogP contribution in [0.2, 0.25) is 0 Å². The number of likely N-dealkylation sites (N-methyl/N-ethyl adjacent to an activating group) is 1. The quantitative estimate of drug-likeness (QED) is 0.385. The van der Waals surface area contributed by atoms with E-state index in [2.05, 4.69) is 5.09 Å². The lowest BCUT2D eigenvalue weighted by Crippen LogP contribution is -2.37. The number of amides is 2. The van der Waals surface area contributed by atoms with E-state index in [0.29, 0.717) is 0 Å². The second-order valence-corrected chi connectivity index (χ2v) is 6.23. The average Bonchev–Trinajstić information content (AvgIpc) is 2.65. The van der Waals surface area contributed by atoms with Gasteiger partial charge in [0, 0.05) is 31.8 Å². The highest BCUT2D eigenvalue weighted by atomic mass is 31.2. The summed E-state index contributed by atoms with van der Waals surface area (Å²) in [5.41, 5.74) is 0. The van der Waals surface area contributed by atoms with E-state index < -0.39 is 25.5 Å². The summed E-state index contributed by atoms with van der Waals surface area (Å²) in [7, 11) is -2.55. The molecule has 1 rings (SSSR count). The number of nitrogens with one attached hydrogen (secondary N) is 1. The maximum Gasteiger partial charge on any atom is 0.340 e. The van der Waals surface area contributed by atoms with Crippen molar-refractivity contribution in [3.05, 3.63) is 12.2 Å². The molecule has 1 heterocycles. The molecule has 0 saturated carbocycles. The molecule has 1 aliphatic rings. The summed E-state index contributed by atoms with van der Waals surface area (Å²) in [5, 5.41) is 10.7. The van der Waals surface area contributed by atoms with Crippen LogP contribution in [-0.4, -0.2) is 64.0 Å². The number of carbonyl (C=O) groups is 3. The number of hydrogen-bond donors (Lipinski definition) is 3. The van der Waals surface area contributed by atoms with Crippen LogP contribution >= 0.6 is 7.67 Å². The lowest BCUT2D eigenvalue weighted by atomic mass is 10.5. The van der Waals surface area contributed by atoms with Gasteiger partial charge >= 0.3 is 13.6 Å². The molecule has 2 amide bonds. The first-order chi connectivity index (χ1) is 9.24. The third-order valence-corrected chi connectivity index (χ3v) is 4.43. The Hall–Kier alpha value is -1.54. The molecule has 112 valence electrons. The first-order valence-electron chi connectivity index (χ1n) is 5.79. The molecular weight excluding hydrogens is 289 g/mol.